The van der Waals surface area contributed by atoms with Gasteiger partial charge in [0.05, 0.1) is 11.4 Å². The quantitative estimate of drug-likeness (QED) is 0.716. The summed E-state index contributed by atoms with van der Waals surface area (Å²) in [5.74, 6) is 1.24. The fraction of sp³-hybridized carbons (Fsp3) is 0.143. The van der Waals surface area contributed by atoms with E-state index in [-0.39, 0.29) is 0 Å². The SMILES string of the molecule is Cc1nnc(-n2ccnc2-c2cccc(N)c2)nc1C. The van der Waals surface area contributed by atoms with Gasteiger partial charge in [0.25, 0.3) is 5.95 Å². The number of benzene rings is 1. The van der Waals surface area contributed by atoms with Crippen LogP contribution in [0.3, 0.4) is 0 Å². The van der Waals surface area contributed by atoms with Crippen LogP contribution in [0.4, 0.5) is 5.69 Å². The summed E-state index contributed by atoms with van der Waals surface area (Å²) in [6.45, 7) is 3.79. The third-order valence-electron chi connectivity index (χ3n) is 3.08. The van der Waals surface area contributed by atoms with Crippen molar-refractivity contribution >= 4 is 5.69 Å². The summed E-state index contributed by atoms with van der Waals surface area (Å²) in [6, 6.07) is 7.55. The standard InChI is InChI=1S/C14H14N6/c1-9-10(2)18-19-14(17-9)20-7-6-16-13(20)11-4-3-5-12(15)8-11/h3-8H,15H2,1-2H3. The minimum Gasteiger partial charge on any atom is -0.399 e. The van der Waals surface area contributed by atoms with Crippen LogP contribution in [0.2, 0.25) is 0 Å². The summed E-state index contributed by atoms with van der Waals surface area (Å²) in [7, 11) is 0. The molecule has 100 valence electrons. The Kier molecular flexibility index (Phi) is 2.90. The van der Waals surface area contributed by atoms with Gasteiger partial charge in [0.15, 0.2) is 0 Å². The van der Waals surface area contributed by atoms with Crippen LogP contribution < -0.4 is 5.73 Å². The highest BCUT2D eigenvalue weighted by Gasteiger charge is 2.11. The van der Waals surface area contributed by atoms with Gasteiger partial charge < -0.3 is 5.73 Å². The predicted molar refractivity (Wildman–Crippen MR) is 76.3 cm³/mol. The zero-order valence-corrected chi connectivity index (χ0v) is 11.3. The Labute approximate surface area is 116 Å². The van der Waals surface area contributed by atoms with Gasteiger partial charge in [-0.05, 0) is 26.0 Å². The first-order valence-electron chi connectivity index (χ1n) is 6.23. The summed E-state index contributed by atoms with van der Waals surface area (Å²) >= 11 is 0. The highest BCUT2D eigenvalue weighted by atomic mass is 15.3. The van der Waals surface area contributed by atoms with Gasteiger partial charge in [-0.1, -0.05) is 12.1 Å². The van der Waals surface area contributed by atoms with Crippen molar-refractivity contribution in [3.8, 4) is 17.3 Å². The fourth-order valence-electron chi connectivity index (χ4n) is 1.90. The molecule has 0 bridgehead atoms. The van der Waals surface area contributed by atoms with Crippen molar-refractivity contribution in [1.29, 1.82) is 0 Å². The summed E-state index contributed by atoms with van der Waals surface area (Å²) in [4.78, 5) is 8.80. The minimum atomic E-state index is 0.503. The average molecular weight is 266 g/mol. The van der Waals surface area contributed by atoms with E-state index in [2.05, 4.69) is 20.2 Å². The lowest BCUT2D eigenvalue weighted by Gasteiger charge is -2.07. The van der Waals surface area contributed by atoms with Crippen LogP contribution in [0.15, 0.2) is 36.7 Å². The third-order valence-corrected chi connectivity index (χ3v) is 3.08. The molecule has 0 aliphatic carbocycles. The van der Waals surface area contributed by atoms with Crippen LogP contribution in [-0.4, -0.2) is 24.7 Å². The van der Waals surface area contributed by atoms with Gasteiger partial charge in [-0.25, -0.2) is 9.97 Å². The molecule has 6 nitrogen and oxygen atoms in total. The lowest BCUT2D eigenvalue weighted by atomic mass is 10.2. The van der Waals surface area contributed by atoms with Crippen LogP contribution in [0.25, 0.3) is 17.3 Å². The lowest BCUT2D eigenvalue weighted by molar-refractivity contribution is 0.818. The van der Waals surface area contributed by atoms with E-state index in [0.717, 1.165) is 22.8 Å². The maximum Gasteiger partial charge on any atom is 0.255 e. The van der Waals surface area contributed by atoms with E-state index in [1.165, 1.54) is 0 Å². The summed E-state index contributed by atoms with van der Waals surface area (Å²) < 4.78 is 1.80. The number of nitrogen functional groups attached to an aromatic ring is 1. The van der Waals surface area contributed by atoms with E-state index >= 15 is 0 Å². The number of aryl methyl sites for hydroxylation is 2. The molecule has 1 aromatic carbocycles. The molecular weight excluding hydrogens is 252 g/mol. The smallest absolute Gasteiger partial charge is 0.255 e. The van der Waals surface area contributed by atoms with E-state index in [0.29, 0.717) is 11.6 Å². The first-order valence-corrected chi connectivity index (χ1v) is 6.23. The largest absolute Gasteiger partial charge is 0.399 e. The van der Waals surface area contributed by atoms with Crippen LogP contribution in [-0.2, 0) is 0 Å². The first kappa shape index (κ1) is 12.3. The molecule has 6 heteroatoms. The van der Waals surface area contributed by atoms with E-state index in [9.17, 15) is 0 Å². The lowest BCUT2D eigenvalue weighted by Crippen LogP contribution is -2.06. The normalized spacial score (nSPS) is 10.7. The molecule has 0 atom stereocenters. The van der Waals surface area contributed by atoms with Gasteiger partial charge in [-0.15, -0.1) is 5.10 Å². The zero-order valence-electron chi connectivity index (χ0n) is 11.3. The molecule has 0 radical (unpaired) electrons. The molecule has 2 heterocycles. The Morgan fingerprint density at radius 2 is 1.95 bits per heavy atom. The number of imidazole rings is 1. The Hall–Kier alpha value is -2.76. The fourth-order valence-corrected chi connectivity index (χ4v) is 1.90. The van der Waals surface area contributed by atoms with Crippen molar-refractivity contribution in [2.45, 2.75) is 13.8 Å². The maximum absolute atomic E-state index is 5.82. The van der Waals surface area contributed by atoms with Gasteiger partial charge in [-0.3, -0.25) is 4.57 Å². The molecular formula is C14H14N6. The molecule has 20 heavy (non-hydrogen) atoms. The van der Waals surface area contributed by atoms with E-state index < -0.39 is 0 Å². The average Bonchev–Trinajstić information content (AvgIpc) is 2.91. The van der Waals surface area contributed by atoms with Crippen LogP contribution >= 0.6 is 0 Å². The second-order valence-electron chi connectivity index (χ2n) is 4.53. The highest BCUT2D eigenvalue weighted by molar-refractivity contribution is 5.62. The summed E-state index contributed by atoms with van der Waals surface area (Å²) in [6.07, 6.45) is 3.52. The van der Waals surface area contributed by atoms with Crippen molar-refractivity contribution in [3.05, 3.63) is 48.0 Å². The number of nitrogens with two attached hydrogens (primary N) is 1. The summed E-state index contributed by atoms with van der Waals surface area (Å²) in [5.41, 5.74) is 9.09. The Morgan fingerprint density at radius 1 is 1.10 bits per heavy atom. The van der Waals surface area contributed by atoms with Crippen molar-refractivity contribution in [2.75, 3.05) is 5.73 Å². The predicted octanol–water partition coefficient (Wildman–Crippen LogP) is 1.92. The number of nitrogens with zero attached hydrogens (tertiary/aromatic N) is 5. The number of rotatable bonds is 2. The van der Waals surface area contributed by atoms with Crippen LogP contribution in [0.5, 0.6) is 0 Å². The van der Waals surface area contributed by atoms with Gasteiger partial charge in [-0.2, -0.15) is 5.10 Å². The third kappa shape index (κ3) is 2.11. The number of anilines is 1. The number of hydrogen-bond donors (Lipinski definition) is 1. The monoisotopic (exact) mass is 266 g/mol. The van der Waals surface area contributed by atoms with Crippen molar-refractivity contribution in [2.24, 2.45) is 0 Å². The van der Waals surface area contributed by atoms with Crippen LogP contribution in [0.1, 0.15) is 11.4 Å². The zero-order chi connectivity index (χ0) is 14.1. The Morgan fingerprint density at radius 3 is 2.70 bits per heavy atom. The number of aromatic nitrogens is 5. The molecule has 3 rings (SSSR count). The van der Waals surface area contributed by atoms with Crippen molar-refractivity contribution < 1.29 is 0 Å². The molecule has 0 spiro atoms. The molecule has 2 aromatic heterocycles. The molecule has 0 aliphatic rings. The van der Waals surface area contributed by atoms with Crippen LogP contribution in [0, 0.1) is 13.8 Å². The Bertz CT molecular complexity index is 762. The number of hydrogen-bond acceptors (Lipinski definition) is 5. The Balaban J connectivity index is 2.12. The van der Waals surface area contributed by atoms with E-state index in [4.69, 9.17) is 5.73 Å². The maximum atomic E-state index is 5.82. The van der Waals surface area contributed by atoms with Gasteiger partial charge in [0.2, 0.25) is 0 Å². The molecule has 2 N–H and O–H groups in total. The van der Waals surface area contributed by atoms with Crippen molar-refractivity contribution in [3.63, 3.8) is 0 Å². The van der Waals surface area contributed by atoms with Gasteiger partial charge >= 0.3 is 0 Å². The molecule has 0 aliphatic heterocycles. The topological polar surface area (TPSA) is 82.5 Å². The molecule has 3 aromatic rings. The highest BCUT2D eigenvalue weighted by Crippen LogP contribution is 2.21. The second kappa shape index (κ2) is 4.73. The molecule has 0 saturated carbocycles. The second-order valence-corrected chi connectivity index (χ2v) is 4.53. The summed E-state index contributed by atoms with van der Waals surface area (Å²) in [5, 5.41) is 8.22. The van der Waals surface area contributed by atoms with E-state index in [1.54, 1.807) is 10.8 Å². The van der Waals surface area contributed by atoms with Gasteiger partial charge in [0.1, 0.15) is 5.82 Å². The molecule has 0 saturated heterocycles. The molecule has 0 unspecified atom stereocenters. The molecule has 0 amide bonds. The first-order chi connectivity index (χ1) is 9.65. The molecule has 0 fully saturated rings. The minimum absolute atomic E-state index is 0.503. The van der Waals surface area contributed by atoms with E-state index in [1.807, 2.05) is 44.3 Å². The van der Waals surface area contributed by atoms with Gasteiger partial charge in [0, 0.05) is 23.6 Å². The van der Waals surface area contributed by atoms with Crippen molar-refractivity contribution in [1.82, 2.24) is 24.7 Å².